The van der Waals surface area contributed by atoms with Crippen LogP contribution in [0, 0.1) is 0 Å². The van der Waals surface area contributed by atoms with Crippen molar-refractivity contribution in [1.29, 1.82) is 0 Å². The lowest BCUT2D eigenvalue weighted by Gasteiger charge is -2.50. The summed E-state index contributed by atoms with van der Waals surface area (Å²) in [7, 11) is 1.65. The molecule has 2 aliphatic heterocycles. The van der Waals surface area contributed by atoms with Crippen molar-refractivity contribution >= 4 is 24.2 Å². The van der Waals surface area contributed by atoms with Crippen LogP contribution in [0.3, 0.4) is 0 Å². The normalized spacial score (nSPS) is 22.4. The largest absolute Gasteiger partial charge is 0.357 e. The molecule has 160 valence electrons. The highest BCUT2D eigenvalue weighted by Gasteiger charge is 2.61. The van der Waals surface area contributed by atoms with Gasteiger partial charge in [-0.15, -0.1) is 12.4 Å². The average Bonchev–Trinajstić information content (AvgIpc) is 3.50. The number of hydrogen-bond donors (Lipinski definition) is 1. The summed E-state index contributed by atoms with van der Waals surface area (Å²) < 4.78 is 6.46. The minimum Gasteiger partial charge on any atom is -0.357 e. The predicted octanol–water partition coefficient (Wildman–Crippen LogP) is 2.26. The zero-order valence-corrected chi connectivity index (χ0v) is 18.2. The van der Waals surface area contributed by atoms with E-state index in [0.717, 1.165) is 64.8 Å². The van der Waals surface area contributed by atoms with Crippen molar-refractivity contribution < 1.29 is 14.3 Å². The van der Waals surface area contributed by atoms with Crippen LogP contribution in [0.4, 0.5) is 0 Å². The third-order valence-electron chi connectivity index (χ3n) is 6.58. The molecule has 4 rings (SSSR count). The lowest BCUT2D eigenvalue weighted by Crippen LogP contribution is -2.62. The zero-order chi connectivity index (χ0) is 19.8. The highest BCUT2D eigenvalue weighted by Crippen LogP contribution is 2.49. The smallest absolute Gasteiger partial charge is 0.254 e. The second kappa shape index (κ2) is 8.62. The second-order valence-electron chi connectivity index (χ2n) is 8.47. The fraction of sp³-hybridized carbons (Fsp3) is 0.636. The first-order valence-electron chi connectivity index (χ1n) is 10.5. The number of amides is 2. The molecule has 0 aromatic heterocycles. The molecule has 0 unspecified atom stereocenters. The molecule has 2 amide bonds. The molecular weight excluding hydrogens is 390 g/mol. The van der Waals surface area contributed by atoms with Gasteiger partial charge in [-0.25, -0.2) is 0 Å². The van der Waals surface area contributed by atoms with E-state index in [4.69, 9.17) is 4.74 Å². The predicted molar refractivity (Wildman–Crippen MR) is 114 cm³/mol. The van der Waals surface area contributed by atoms with Crippen molar-refractivity contribution in [1.82, 2.24) is 15.1 Å². The van der Waals surface area contributed by atoms with Crippen LogP contribution in [0.15, 0.2) is 24.3 Å². The van der Waals surface area contributed by atoms with Crippen molar-refractivity contribution in [2.24, 2.45) is 0 Å². The maximum absolute atomic E-state index is 12.5. The number of nitrogens with zero attached hydrogens (tertiary/aromatic N) is 2. The Kier molecular flexibility index (Phi) is 6.56. The quantitative estimate of drug-likeness (QED) is 0.792. The number of likely N-dealkylation sites (tertiary alicyclic amines) is 1. The molecule has 1 aliphatic carbocycles. The Hall–Kier alpha value is -1.63. The molecule has 1 aromatic carbocycles. The molecule has 2 heterocycles. The van der Waals surface area contributed by atoms with E-state index in [2.05, 4.69) is 17.1 Å². The Labute approximate surface area is 179 Å². The van der Waals surface area contributed by atoms with Crippen LogP contribution in [0.25, 0.3) is 0 Å². The van der Waals surface area contributed by atoms with Gasteiger partial charge in [0, 0.05) is 45.3 Å². The van der Waals surface area contributed by atoms with E-state index in [1.54, 1.807) is 7.05 Å². The van der Waals surface area contributed by atoms with Crippen LogP contribution in [0.1, 0.15) is 48.5 Å². The van der Waals surface area contributed by atoms with Gasteiger partial charge in [-0.05, 0) is 56.7 Å². The van der Waals surface area contributed by atoms with E-state index >= 15 is 0 Å². The Bertz CT molecular complexity index is 740. The van der Waals surface area contributed by atoms with Crippen LogP contribution in [-0.4, -0.2) is 72.6 Å². The Morgan fingerprint density at radius 3 is 2.34 bits per heavy atom. The molecule has 0 radical (unpaired) electrons. The first-order valence-corrected chi connectivity index (χ1v) is 10.5. The molecule has 1 saturated carbocycles. The van der Waals surface area contributed by atoms with E-state index in [1.165, 1.54) is 5.56 Å². The highest BCUT2D eigenvalue weighted by atomic mass is 35.5. The van der Waals surface area contributed by atoms with Gasteiger partial charge in [-0.2, -0.15) is 0 Å². The van der Waals surface area contributed by atoms with Crippen molar-refractivity contribution in [3.63, 3.8) is 0 Å². The number of carbonyl (C=O) groups is 2. The zero-order valence-electron chi connectivity index (χ0n) is 17.4. The Morgan fingerprint density at radius 2 is 1.79 bits per heavy atom. The number of ether oxygens (including phenoxy) is 1. The number of piperidine rings is 1. The fourth-order valence-electron chi connectivity index (χ4n) is 4.58. The molecule has 1 N–H and O–H groups in total. The summed E-state index contributed by atoms with van der Waals surface area (Å²) in [5.74, 6) is 0.164. The minimum absolute atomic E-state index is 0. The number of likely N-dealkylation sites (N-methyl/N-ethyl adjacent to an activating group) is 1. The Morgan fingerprint density at radius 1 is 1.14 bits per heavy atom. The summed E-state index contributed by atoms with van der Waals surface area (Å²) in [6, 6.07) is 7.87. The van der Waals surface area contributed by atoms with E-state index in [1.807, 2.05) is 29.2 Å². The minimum atomic E-state index is -0.483. The standard InChI is InChI=1S/C22H31N3O3.ClH/c1-3-25-16-21(28-22(9-10-22)20(25)27)11-14-24(15-12-21)13-8-17-4-6-18(7-5-17)19(26)23-2;/h4-7H,3,8-16H2,1-2H3,(H,23,26);1H. The summed E-state index contributed by atoms with van der Waals surface area (Å²) >= 11 is 0. The van der Waals surface area contributed by atoms with Gasteiger partial charge < -0.3 is 19.9 Å². The van der Waals surface area contributed by atoms with Crippen LogP contribution in [0.2, 0.25) is 0 Å². The molecule has 0 atom stereocenters. The SMILES string of the molecule is CCN1CC2(CCN(CCc3ccc(C(=O)NC)cc3)CC2)OC2(CC2)C1=O.Cl. The van der Waals surface area contributed by atoms with Gasteiger partial charge >= 0.3 is 0 Å². The van der Waals surface area contributed by atoms with Gasteiger partial charge in [-0.3, -0.25) is 9.59 Å². The van der Waals surface area contributed by atoms with Crippen LogP contribution >= 0.6 is 12.4 Å². The van der Waals surface area contributed by atoms with Crippen LogP contribution in [-0.2, 0) is 16.0 Å². The van der Waals surface area contributed by atoms with Gasteiger partial charge in [0.15, 0.2) is 0 Å². The topological polar surface area (TPSA) is 61.9 Å². The maximum Gasteiger partial charge on any atom is 0.254 e. The second-order valence-corrected chi connectivity index (χ2v) is 8.47. The molecule has 3 fully saturated rings. The number of hydrogen-bond acceptors (Lipinski definition) is 4. The molecule has 29 heavy (non-hydrogen) atoms. The van der Waals surface area contributed by atoms with Crippen LogP contribution < -0.4 is 5.32 Å². The summed E-state index contributed by atoms with van der Waals surface area (Å²) in [6.45, 7) is 6.63. The molecule has 6 nitrogen and oxygen atoms in total. The maximum atomic E-state index is 12.5. The van der Waals surface area contributed by atoms with Crippen molar-refractivity contribution in [3.8, 4) is 0 Å². The Balaban J connectivity index is 0.00000240. The van der Waals surface area contributed by atoms with Crippen molar-refractivity contribution in [3.05, 3.63) is 35.4 Å². The van der Waals surface area contributed by atoms with Gasteiger partial charge in [0.05, 0.1) is 5.60 Å². The third kappa shape index (κ3) is 4.44. The number of nitrogens with one attached hydrogen (secondary N) is 1. The number of carbonyl (C=O) groups excluding carboxylic acids is 2. The van der Waals surface area contributed by atoms with Crippen LogP contribution in [0.5, 0.6) is 0 Å². The van der Waals surface area contributed by atoms with E-state index in [-0.39, 0.29) is 29.8 Å². The van der Waals surface area contributed by atoms with E-state index in [0.29, 0.717) is 5.56 Å². The van der Waals surface area contributed by atoms with Crippen molar-refractivity contribution in [2.75, 3.05) is 39.8 Å². The average molecular weight is 422 g/mol. The van der Waals surface area contributed by atoms with Crippen molar-refractivity contribution in [2.45, 2.75) is 50.2 Å². The number of benzene rings is 1. The number of halogens is 1. The molecule has 7 heteroatoms. The summed E-state index contributed by atoms with van der Waals surface area (Å²) in [6.07, 6.45) is 4.74. The summed E-state index contributed by atoms with van der Waals surface area (Å²) in [4.78, 5) is 28.7. The van der Waals surface area contributed by atoms with Gasteiger partial charge in [0.1, 0.15) is 5.60 Å². The van der Waals surface area contributed by atoms with E-state index < -0.39 is 5.60 Å². The first kappa shape index (κ1) is 22.1. The molecular formula is C22H32ClN3O3. The monoisotopic (exact) mass is 421 g/mol. The molecule has 2 spiro atoms. The molecule has 2 saturated heterocycles. The molecule has 3 aliphatic rings. The van der Waals surface area contributed by atoms with Gasteiger partial charge in [0.25, 0.3) is 11.8 Å². The molecule has 0 bridgehead atoms. The lowest BCUT2D eigenvalue weighted by atomic mass is 9.87. The number of morpholine rings is 1. The third-order valence-corrected chi connectivity index (χ3v) is 6.58. The summed E-state index contributed by atoms with van der Waals surface area (Å²) in [5, 5.41) is 2.65. The lowest BCUT2D eigenvalue weighted by molar-refractivity contribution is -0.200. The first-order chi connectivity index (χ1) is 13.5. The van der Waals surface area contributed by atoms with Gasteiger partial charge in [0.2, 0.25) is 0 Å². The molecule has 1 aromatic rings. The van der Waals surface area contributed by atoms with Gasteiger partial charge in [-0.1, -0.05) is 12.1 Å². The highest BCUT2D eigenvalue weighted by molar-refractivity contribution is 5.94. The van der Waals surface area contributed by atoms with E-state index in [9.17, 15) is 9.59 Å². The fourth-order valence-corrected chi connectivity index (χ4v) is 4.58. The number of rotatable bonds is 5. The summed E-state index contributed by atoms with van der Waals surface area (Å²) in [5.41, 5.74) is 1.32.